The van der Waals surface area contributed by atoms with Crippen molar-refractivity contribution in [2.75, 3.05) is 13.2 Å². The van der Waals surface area contributed by atoms with Gasteiger partial charge >= 0.3 is 6.09 Å². The largest absolute Gasteiger partial charge is 0.447 e. The molecule has 0 aromatic carbocycles. The molecule has 4 heteroatoms. The lowest BCUT2D eigenvalue weighted by atomic mass is 9.50. The molecule has 102 valence electrons. The summed E-state index contributed by atoms with van der Waals surface area (Å²) in [6.07, 6.45) is 6.30. The summed E-state index contributed by atoms with van der Waals surface area (Å²) in [5.41, 5.74) is 0. The molecule has 0 aromatic heterocycles. The molecule has 1 unspecified atom stereocenters. The Balaban J connectivity index is 1.60. The Bertz CT molecular complexity index is 414. The molecular formula is C15H20N2O2. The third-order valence-corrected chi connectivity index (χ3v) is 5.92. The van der Waals surface area contributed by atoms with Crippen molar-refractivity contribution >= 4 is 6.09 Å². The minimum atomic E-state index is -0.277. The fourth-order valence-electron chi connectivity index (χ4n) is 5.50. The Hall–Kier alpha value is -1.24. The van der Waals surface area contributed by atoms with Crippen LogP contribution < -0.4 is 0 Å². The second kappa shape index (κ2) is 4.13. The maximum Gasteiger partial charge on any atom is 0.411 e. The Morgan fingerprint density at radius 2 is 1.79 bits per heavy atom. The lowest BCUT2D eigenvalue weighted by Crippen LogP contribution is -2.53. The number of amides is 1. The third-order valence-electron chi connectivity index (χ3n) is 5.92. The van der Waals surface area contributed by atoms with Gasteiger partial charge in [-0.15, -0.1) is 0 Å². The minimum Gasteiger partial charge on any atom is -0.447 e. The maximum absolute atomic E-state index is 11.8. The summed E-state index contributed by atoms with van der Waals surface area (Å²) in [6.45, 7) is 1.05. The van der Waals surface area contributed by atoms with E-state index in [-0.39, 0.29) is 12.1 Å². The Morgan fingerprint density at radius 1 is 1.16 bits per heavy atom. The van der Waals surface area contributed by atoms with E-state index in [4.69, 9.17) is 4.74 Å². The number of rotatable bonds is 2. The SMILES string of the molecule is N#CC(C1C2CC3CC(C2)CC1C3)N1CCOC1=O. The predicted molar refractivity (Wildman–Crippen MR) is 68.0 cm³/mol. The van der Waals surface area contributed by atoms with Gasteiger partial charge < -0.3 is 4.74 Å². The van der Waals surface area contributed by atoms with Gasteiger partial charge in [-0.25, -0.2) is 4.79 Å². The van der Waals surface area contributed by atoms with Crippen molar-refractivity contribution in [3.8, 4) is 6.07 Å². The molecule has 5 aliphatic rings. The van der Waals surface area contributed by atoms with E-state index < -0.39 is 0 Å². The van der Waals surface area contributed by atoms with Crippen LogP contribution in [0.4, 0.5) is 4.79 Å². The standard InChI is InChI=1S/C15H20N2O2/c16-8-13(17-1-2-19-15(17)18)14-11-4-9-3-10(6-11)7-12(14)5-9/h9-14H,1-7H2. The summed E-state index contributed by atoms with van der Waals surface area (Å²) in [7, 11) is 0. The summed E-state index contributed by atoms with van der Waals surface area (Å²) >= 11 is 0. The molecule has 4 aliphatic carbocycles. The third kappa shape index (κ3) is 1.67. The van der Waals surface area contributed by atoms with Gasteiger partial charge in [0.25, 0.3) is 0 Å². The van der Waals surface area contributed by atoms with Gasteiger partial charge in [0.2, 0.25) is 0 Å². The first-order valence-electron chi connectivity index (χ1n) is 7.59. The van der Waals surface area contributed by atoms with Crippen LogP contribution in [-0.4, -0.2) is 30.2 Å². The van der Waals surface area contributed by atoms with E-state index in [1.807, 2.05) is 0 Å². The Labute approximate surface area is 113 Å². The van der Waals surface area contributed by atoms with Gasteiger partial charge in [-0.05, 0) is 61.7 Å². The molecule has 0 aromatic rings. The molecule has 4 nitrogen and oxygen atoms in total. The molecular weight excluding hydrogens is 240 g/mol. The number of hydrogen-bond acceptors (Lipinski definition) is 3. The number of nitriles is 1. The summed E-state index contributed by atoms with van der Waals surface area (Å²) in [5.74, 6) is 3.57. The van der Waals surface area contributed by atoms with Gasteiger partial charge in [0.15, 0.2) is 0 Å². The van der Waals surface area contributed by atoms with Crippen LogP contribution in [0.3, 0.4) is 0 Å². The average Bonchev–Trinajstić information content (AvgIpc) is 2.79. The molecule has 19 heavy (non-hydrogen) atoms. The lowest BCUT2D eigenvalue weighted by Gasteiger charge is -2.56. The second-order valence-electron chi connectivity index (χ2n) is 6.89. The van der Waals surface area contributed by atoms with Crippen molar-refractivity contribution in [2.45, 2.75) is 38.1 Å². The number of cyclic esters (lactones) is 1. The zero-order valence-electron chi connectivity index (χ0n) is 11.1. The van der Waals surface area contributed by atoms with Gasteiger partial charge in [-0.2, -0.15) is 5.26 Å². The van der Waals surface area contributed by atoms with Crippen molar-refractivity contribution in [3.05, 3.63) is 0 Å². The summed E-state index contributed by atoms with van der Waals surface area (Å²) in [5, 5.41) is 9.59. The number of carbonyl (C=O) groups excluding carboxylic acids is 1. The van der Waals surface area contributed by atoms with Crippen LogP contribution in [0.15, 0.2) is 0 Å². The summed E-state index contributed by atoms with van der Waals surface area (Å²) in [4.78, 5) is 13.5. The molecule has 0 N–H and O–H groups in total. The molecule has 1 heterocycles. The van der Waals surface area contributed by atoms with E-state index in [9.17, 15) is 10.1 Å². The molecule has 0 spiro atoms. The van der Waals surface area contributed by atoms with E-state index >= 15 is 0 Å². The summed E-state index contributed by atoms with van der Waals surface area (Å²) < 4.78 is 5.03. The smallest absolute Gasteiger partial charge is 0.411 e. The van der Waals surface area contributed by atoms with Crippen molar-refractivity contribution in [2.24, 2.45) is 29.6 Å². The van der Waals surface area contributed by atoms with E-state index in [0.29, 0.717) is 30.9 Å². The van der Waals surface area contributed by atoms with Crippen molar-refractivity contribution in [3.63, 3.8) is 0 Å². The molecule has 5 rings (SSSR count). The number of hydrogen-bond donors (Lipinski definition) is 0. The molecule has 1 saturated heterocycles. The zero-order chi connectivity index (χ0) is 13.0. The highest BCUT2D eigenvalue weighted by atomic mass is 16.6. The first-order valence-corrected chi connectivity index (χ1v) is 7.59. The average molecular weight is 260 g/mol. The Kier molecular flexibility index (Phi) is 2.51. The van der Waals surface area contributed by atoms with Gasteiger partial charge in [-0.1, -0.05) is 0 Å². The van der Waals surface area contributed by atoms with Crippen LogP contribution in [0.2, 0.25) is 0 Å². The fraction of sp³-hybridized carbons (Fsp3) is 0.867. The molecule has 4 bridgehead atoms. The van der Waals surface area contributed by atoms with Gasteiger partial charge in [0.05, 0.1) is 12.6 Å². The topological polar surface area (TPSA) is 53.3 Å². The fourth-order valence-corrected chi connectivity index (χ4v) is 5.50. The lowest BCUT2D eigenvalue weighted by molar-refractivity contribution is -0.0558. The molecule has 5 fully saturated rings. The van der Waals surface area contributed by atoms with Crippen LogP contribution in [0, 0.1) is 40.9 Å². The molecule has 0 radical (unpaired) electrons. The van der Waals surface area contributed by atoms with Gasteiger partial charge in [0, 0.05) is 0 Å². The quantitative estimate of drug-likeness (QED) is 0.766. The first-order chi connectivity index (χ1) is 9.26. The van der Waals surface area contributed by atoms with Crippen LogP contribution in [0.1, 0.15) is 32.1 Å². The Morgan fingerprint density at radius 3 is 2.26 bits per heavy atom. The van der Waals surface area contributed by atoms with Gasteiger partial charge in [0.1, 0.15) is 12.6 Å². The van der Waals surface area contributed by atoms with E-state index in [2.05, 4.69) is 6.07 Å². The summed E-state index contributed by atoms with van der Waals surface area (Å²) in [6, 6.07) is 2.18. The normalized spacial score (nSPS) is 45.1. The van der Waals surface area contributed by atoms with E-state index in [0.717, 1.165) is 11.8 Å². The van der Waals surface area contributed by atoms with Crippen molar-refractivity contribution in [1.29, 1.82) is 5.26 Å². The highest BCUT2D eigenvalue weighted by Gasteiger charge is 2.52. The predicted octanol–water partition coefficient (Wildman–Crippen LogP) is 2.40. The zero-order valence-corrected chi connectivity index (χ0v) is 11.1. The van der Waals surface area contributed by atoms with Crippen molar-refractivity contribution < 1.29 is 9.53 Å². The molecule has 1 amide bonds. The minimum absolute atomic E-state index is 0.245. The van der Waals surface area contributed by atoms with Gasteiger partial charge in [-0.3, -0.25) is 4.90 Å². The number of carbonyl (C=O) groups is 1. The molecule has 4 saturated carbocycles. The monoisotopic (exact) mass is 260 g/mol. The highest BCUT2D eigenvalue weighted by Crippen LogP contribution is 2.57. The first kappa shape index (κ1) is 11.6. The van der Waals surface area contributed by atoms with Crippen LogP contribution in [-0.2, 0) is 4.74 Å². The van der Waals surface area contributed by atoms with Crippen LogP contribution in [0.5, 0.6) is 0 Å². The number of ether oxygens (including phenoxy) is 1. The van der Waals surface area contributed by atoms with Crippen LogP contribution >= 0.6 is 0 Å². The van der Waals surface area contributed by atoms with Crippen molar-refractivity contribution in [1.82, 2.24) is 4.90 Å². The maximum atomic E-state index is 11.8. The number of nitrogens with zero attached hydrogens (tertiary/aromatic N) is 2. The molecule has 1 atom stereocenters. The second-order valence-corrected chi connectivity index (χ2v) is 6.89. The highest BCUT2D eigenvalue weighted by molar-refractivity contribution is 5.70. The van der Waals surface area contributed by atoms with E-state index in [1.54, 1.807) is 4.90 Å². The van der Waals surface area contributed by atoms with Crippen LogP contribution in [0.25, 0.3) is 0 Å². The molecule has 1 aliphatic heterocycles. The van der Waals surface area contributed by atoms with E-state index in [1.165, 1.54) is 32.1 Å².